The van der Waals surface area contributed by atoms with Crippen molar-refractivity contribution in [3.63, 3.8) is 0 Å². The summed E-state index contributed by atoms with van der Waals surface area (Å²) >= 11 is 0. The van der Waals surface area contributed by atoms with Gasteiger partial charge in [0.25, 0.3) is 0 Å². The number of aromatic nitrogens is 2. The Morgan fingerprint density at radius 2 is 1.70 bits per heavy atom. The molecule has 0 atom stereocenters. The van der Waals surface area contributed by atoms with Gasteiger partial charge in [0.05, 0.1) is 13.0 Å². The standard InChI is InChI=1S/C17H15N3O3/c21-15(11-12-22-14-9-5-2-6-10-14)18-17-20-19-16(23-17)13-7-3-1-4-8-13/h1-10H,11-12H2,(H,18,20,21). The second-order valence-electron chi connectivity index (χ2n) is 4.74. The van der Waals surface area contributed by atoms with Crippen molar-refractivity contribution in [2.45, 2.75) is 6.42 Å². The zero-order chi connectivity index (χ0) is 15.9. The summed E-state index contributed by atoms with van der Waals surface area (Å²) in [6, 6.07) is 18.8. The van der Waals surface area contributed by atoms with Crippen LogP contribution in [0.3, 0.4) is 0 Å². The SMILES string of the molecule is O=C(CCOc1ccccc1)Nc1nnc(-c2ccccc2)o1. The van der Waals surface area contributed by atoms with Gasteiger partial charge in [-0.15, -0.1) is 5.10 Å². The topological polar surface area (TPSA) is 77.2 Å². The van der Waals surface area contributed by atoms with E-state index >= 15 is 0 Å². The molecule has 0 radical (unpaired) electrons. The molecule has 0 spiro atoms. The van der Waals surface area contributed by atoms with Crippen LogP contribution in [0.25, 0.3) is 11.5 Å². The Bertz CT molecular complexity index is 757. The quantitative estimate of drug-likeness (QED) is 0.757. The molecular weight excluding hydrogens is 294 g/mol. The average molecular weight is 309 g/mol. The number of amides is 1. The van der Waals surface area contributed by atoms with Gasteiger partial charge in [-0.3, -0.25) is 10.1 Å². The first-order chi connectivity index (χ1) is 11.3. The highest BCUT2D eigenvalue weighted by Crippen LogP contribution is 2.19. The van der Waals surface area contributed by atoms with Crippen LogP contribution in [0.5, 0.6) is 5.75 Å². The van der Waals surface area contributed by atoms with Crippen molar-refractivity contribution >= 4 is 11.9 Å². The van der Waals surface area contributed by atoms with Gasteiger partial charge in [-0.1, -0.05) is 41.5 Å². The number of anilines is 1. The van der Waals surface area contributed by atoms with Gasteiger partial charge in [-0.2, -0.15) is 0 Å². The van der Waals surface area contributed by atoms with Crippen LogP contribution >= 0.6 is 0 Å². The maximum Gasteiger partial charge on any atom is 0.322 e. The number of rotatable bonds is 6. The number of carbonyl (C=O) groups excluding carboxylic acids is 1. The Hall–Kier alpha value is -3.15. The smallest absolute Gasteiger partial charge is 0.322 e. The summed E-state index contributed by atoms with van der Waals surface area (Å²) in [5.41, 5.74) is 0.799. The molecule has 0 saturated heterocycles. The van der Waals surface area contributed by atoms with Crippen molar-refractivity contribution in [3.05, 3.63) is 60.7 Å². The van der Waals surface area contributed by atoms with Crippen LogP contribution in [0, 0.1) is 0 Å². The first kappa shape index (κ1) is 14.8. The normalized spacial score (nSPS) is 10.3. The summed E-state index contributed by atoms with van der Waals surface area (Å²) in [4.78, 5) is 11.8. The van der Waals surface area contributed by atoms with Crippen molar-refractivity contribution in [1.29, 1.82) is 0 Å². The fourth-order valence-corrected chi connectivity index (χ4v) is 1.93. The number of hydrogen-bond acceptors (Lipinski definition) is 5. The fraction of sp³-hybridized carbons (Fsp3) is 0.118. The van der Waals surface area contributed by atoms with E-state index in [1.807, 2.05) is 60.7 Å². The molecule has 0 aliphatic carbocycles. The van der Waals surface area contributed by atoms with Gasteiger partial charge in [0.15, 0.2) is 0 Å². The maximum atomic E-state index is 11.8. The molecule has 0 aliphatic heterocycles. The molecule has 23 heavy (non-hydrogen) atoms. The molecule has 1 N–H and O–H groups in total. The highest BCUT2D eigenvalue weighted by Gasteiger charge is 2.11. The number of benzene rings is 2. The van der Waals surface area contributed by atoms with Crippen LogP contribution in [0.4, 0.5) is 6.01 Å². The van der Waals surface area contributed by atoms with E-state index in [0.29, 0.717) is 5.89 Å². The van der Waals surface area contributed by atoms with E-state index in [9.17, 15) is 4.79 Å². The van der Waals surface area contributed by atoms with Gasteiger partial charge in [-0.25, -0.2) is 0 Å². The molecule has 0 bridgehead atoms. The Morgan fingerprint density at radius 1 is 1.00 bits per heavy atom. The summed E-state index contributed by atoms with van der Waals surface area (Å²) in [5.74, 6) is 0.843. The lowest BCUT2D eigenvalue weighted by atomic mass is 10.2. The summed E-state index contributed by atoms with van der Waals surface area (Å²) in [7, 11) is 0. The maximum absolute atomic E-state index is 11.8. The van der Waals surface area contributed by atoms with Gasteiger partial charge < -0.3 is 9.15 Å². The molecular formula is C17H15N3O3. The molecule has 6 nitrogen and oxygen atoms in total. The van der Waals surface area contributed by atoms with E-state index in [4.69, 9.17) is 9.15 Å². The molecule has 1 heterocycles. The molecule has 3 aromatic rings. The van der Waals surface area contributed by atoms with Gasteiger partial charge >= 0.3 is 6.01 Å². The number of carbonyl (C=O) groups is 1. The lowest BCUT2D eigenvalue weighted by Crippen LogP contribution is -2.15. The van der Waals surface area contributed by atoms with Crippen LogP contribution in [0.1, 0.15) is 6.42 Å². The minimum atomic E-state index is -0.246. The highest BCUT2D eigenvalue weighted by molar-refractivity contribution is 5.88. The highest BCUT2D eigenvalue weighted by atomic mass is 16.5. The molecule has 6 heteroatoms. The van der Waals surface area contributed by atoms with Crippen molar-refractivity contribution in [1.82, 2.24) is 10.2 Å². The average Bonchev–Trinajstić information content (AvgIpc) is 3.05. The van der Waals surface area contributed by atoms with Crippen LogP contribution in [0.15, 0.2) is 65.1 Å². The predicted octanol–water partition coefficient (Wildman–Crippen LogP) is 3.14. The third-order valence-electron chi connectivity index (χ3n) is 3.03. The molecule has 1 aromatic heterocycles. The van der Waals surface area contributed by atoms with Crippen molar-refractivity contribution in [3.8, 4) is 17.2 Å². The molecule has 116 valence electrons. The van der Waals surface area contributed by atoms with E-state index in [-0.39, 0.29) is 24.9 Å². The Morgan fingerprint density at radius 3 is 2.43 bits per heavy atom. The summed E-state index contributed by atoms with van der Waals surface area (Å²) in [6.07, 6.45) is 0.192. The number of nitrogens with one attached hydrogen (secondary N) is 1. The van der Waals surface area contributed by atoms with Crippen LogP contribution in [0.2, 0.25) is 0 Å². The number of nitrogens with zero attached hydrogens (tertiary/aromatic N) is 2. The van der Waals surface area contributed by atoms with E-state index in [1.165, 1.54) is 0 Å². The first-order valence-corrected chi connectivity index (χ1v) is 7.18. The number of hydrogen-bond donors (Lipinski definition) is 1. The summed E-state index contributed by atoms with van der Waals surface area (Å²) in [5, 5.41) is 10.3. The third kappa shape index (κ3) is 4.16. The van der Waals surface area contributed by atoms with E-state index in [1.54, 1.807) is 0 Å². The minimum Gasteiger partial charge on any atom is -0.493 e. The predicted molar refractivity (Wildman–Crippen MR) is 84.9 cm³/mol. The van der Waals surface area contributed by atoms with Crippen LogP contribution in [-0.4, -0.2) is 22.7 Å². The zero-order valence-corrected chi connectivity index (χ0v) is 12.3. The van der Waals surface area contributed by atoms with E-state index in [2.05, 4.69) is 15.5 Å². The van der Waals surface area contributed by atoms with Crippen LogP contribution in [-0.2, 0) is 4.79 Å². The summed E-state index contributed by atoms with van der Waals surface area (Å²) in [6.45, 7) is 0.273. The summed E-state index contributed by atoms with van der Waals surface area (Å²) < 4.78 is 10.9. The largest absolute Gasteiger partial charge is 0.493 e. The molecule has 1 amide bonds. The Labute approximate surface area is 133 Å². The van der Waals surface area contributed by atoms with Gasteiger partial charge in [0.2, 0.25) is 11.8 Å². The second-order valence-corrected chi connectivity index (χ2v) is 4.74. The fourth-order valence-electron chi connectivity index (χ4n) is 1.93. The lowest BCUT2D eigenvalue weighted by Gasteiger charge is -2.04. The molecule has 0 aliphatic rings. The number of ether oxygens (including phenoxy) is 1. The van der Waals surface area contributed by atoms with Gasteiger partial charge in [0.1, 0.15) is 5.75 Å². The zero-order valence-electron chi connectivity index (χ0n) is 12.3. The third-order valence-corrected chi connectivity index (χ3v) is 3.03. The minimum absolute atomic E-state index is 0.0774. The van der Waals surface area contributed by atoms with E-state index in [0.717, 1.165) is 11.3 Å². The molecule has 0 unspecified atom stereocenters. The molecule has 0 saturated carbocycles. The number of para-hydroxylation sites is 1. The van der Waals surface area contributed by atoms with Crippen molar-refractivity contribution in [2.75, 3.05) is 11.9 Å². The monoisotopic (exact) mass is 309 g/mol. The second kappa shape index (κ2) is 7.22. The van der Waals surface area contributed by atoms with Crippen LogP contribution < -0.4 is 10.1 Å². The van der Waals surface area contributed by atoms with E-state index < -0.39 is 0 Å². The molecule has 0 fully saturated rings. The van der Waals surface area contributed by atoms with Gasteiger partial charge in [-0.05, 0) is 24.3 Å². The van der Waals surface area contributed by atoms with Crippen molar-refractivity contribution < 1.29 is 13.9 Å². The first-order valence-electron chi connectivity index (χ1n) is 7.18. The lowest BCUT2D eigenvalue weighted by molar-refractivity contribution is -0.116. The molecule has 3 rings (SSSR count). The van der Waals surface area contributed by atoms with Gasteiger partial charge in [0, 0.05) is 5.56 Å². The Kier molecular flexibility index (Phi) is 4.63. The molecule has 2 aromatic carbocycles. The Balaban J connectivity index is 1.49. The van der Waals surface area contributed by atoms with Crippen molar-refractivity contribution in [2.24, 2.45) is 0 Å².